The Balaban J connectivity index is 7.23. The second-order valence-corrected chi connectivity index (χ2v) is 19.0. The number of rotatable bonds is 37. The highest BCUT2D eigenvalue weighted by molar-refractivity contribution is 5.13. The molecule has 0 bridgehead atoms. The van der Waals surface area contributed by atoms with Gasteiger partial charge in [-0.1, -0.05) is 224 Å². The van der Waals surface area contributed by atoms with Crippen LogP contribution in [0.15, 0.2) is 0 Å². The third kappa shape index (κ3) is 22.3. The molecule has 0 fully saturated rings. The molecule has 1 radical (unpaired) electrons. The third-order valence-electron chi connectivity index (χ3n) is 13.1. The molecule has 0 spiro atoms. The monoisotopic (exact) mass is 702 g/mol. The standard InChI is InChI=1S/C50H101/c1-13-21-25-28-37-49(11,12)42-48(41-46(31-19-7)33-27-23-15-3)50(36-20-8,38-35-44(10)39-43(9)29-17-5)47(34-24-16-4)40-45(30-18-6)32-26-22-14-2/h43-47H,13-42H2,1-12H3. The van der Waals surface area contributed by atoms with Crippen LogP contribution in [0, 0.1) is 46.3 Å². The fraction of sp³-hybridized carbons (Fsp3) is 0.980. The van der Waals surface area contributed by atoms with Crippen molar-refractivity contribution in [3.05, 3.63) is 5.92 Å². The van der Waals surface area contributed by atoms with Crippen molar-refractivity contribution < 1.29 is 0 Å². The molecule has 0 saturated heterocycles. The van der Waals surface area contributed by atoms with E-state index in [2.05, 4.69) is 89.0 Å². The first kappa shape index (κ1) is 50.0. The van der Waals surface area contributed by atoms with Crippen molar-refractivity contribution in [1.29, 1.82) is 0 Å². The Kier molecular flexibility index (Phi) is 31.4. The fourth-order valence-corrected chi connectivity index (χ4v) is 10.4. The maximum Gasteiger partial charge on any atom is -0.0168 e. The normalized spacial score (nSPS) is 16.7. The highest BCUT2D eigenvalue weighted by Gasteiger charge is 2.47. The first-order valence-electron chi connectivity index (χ1n) is 23.9. The Morgan fingerprint density at radius 3 is 1.52 bits per heavy atom. The summed E-state index contributed by atoms with van der Waals surface area (Å²) in [5.41, 5.74) is 0.823. The average Bonchev–Trinajstić information content (AvgIpc) is 3.07. The van der Waals surface area contributed by atoms with E-state index < -0.39 is 0 Å². The van der Waals surface area contributed by atoms with Crippen molar-refractivity contribution in [2.45, 2.75) is 276 Å². The lowest BCUT2D eigenvalue weighted by atomic mass is 9.53. The quantitative estimate of drug-likeness (QED) is 0.0566. The summed E-state index contributed by atoms with van der Waals surface area (Å²) >= 11 is 0. The molecule has 0 nitrogen and oxygen atoms in total. The summed E-state index contributed by atoms with van der Waals surface area (Å²) in [6, 6.07) is 0. The van der Waals surface area contributed by atoms with Crippen LogP contribution in [0.2, 0.25) is 0 Å². The Hall–Kier alpha value is 0. The van der Waals surface area contributed by atoms with Crippen molar-refractivity contribution >= 4 is 0 Å². The first-order chi connectivity index (χ1) is 24.0. The van der Waals surface area contributed by atoms with Crippen LogP contribution in [0.5, 0.6) is 0 Å². The molecule has 301 valence electrons. The molecule has 0 aromatic carbocycles. The third-order valence-corrected chi connectivity index (χ3v) is 13.1. The Bertz CT molecular complexity index is 705. The molecule has 0 N–H and O–H groups in total. The van der Waals surface area contributed by atoms with Crippen LogP contribution >= 0.6 is 0 Å². The van der Waals surface area contributed by atoms with Gasteiger partial charge in [0.25, 0.3) is 0 Å². The SMILES string of the molecule is CCCCCCC(C)(C)C[C](CC(CCC)CCCCC)C(CCC)(CCC(C)CC(C)CCC)C(CCCC)CC(CCC)CCCCC. The molecule has 0 aromatic rings. The zero-order valence-electron chi connectivity index (χ0n) is 37.6. The van der Waals surface area contributed by atoms with E-state index in [0.717, 1.165) is 29.6 Å². The van der Waals surface area contributed by atoms with Gasteiger partial charge in [-0.05, 0) is 97.7 Å². The second kappa shape index (κ2) is 31.4. The Labute approximate surface area is 321 Å². The van der Waals surface area contributed by atoms with E-state index in [1.54, 1.807) is 0 Å². The lowest BCUT2D eigenvalue weighted by Crippen LogP contribution is -2.41. The molecule has 0 heterocycles. The summed E-state index contributed by atoms with van der Waals surface area (Å²) in [5.74, 6) is 6.48. The molecule has 6 unspecified atom stereocenters. The molecule has 0 aliphatic rings. The van der Waals surface area contributed by atoms with Crippen molar-refractivity contribution in [2.75, 3.05) is 0 Å². The predicted molar refractivity (Wildman–Crippen MR) is 232 cm³/mol. The molecular formula is C50H101. The molecule has 0 amide bonds. The van der Waals surface area contributed by atoms with E-state index in [4.69, 9.17) is 0 Å². The molecule has 0 aliphatic heterocycles. The van der Waals surface area contributed by atoms with Gasteiger partial charge in [-0.25, -0.2) is 0 Å². The topological polar surface area (TPSA) is 0 Å². The second-order valence-electron chi connectivity index (χ2n) is 19.0. The van der Waals surface area contributed by atoms with Gasteiger partial charge >= 0.3 is 0 Å². The molecule has 0 aromatic heterocycles. The number of hydrogen-bond acceptors (Lipinski definition) is 0. The molecule has 0 heteroatoms. The minimum Gasteiger partial charge on any atom is -0.0654 e. The van der Waals surface area contributed by atoms with Crippen LogP contribution in [-0.4, -0.2) is 0 Å². The summed E-state index contributed by atoms with van der Waals surface area (Å²) in [5, 5.41) is 0. The molecular weight excluding hydrogens is 601 g/mol. The predicted octanol–water partition coefficient (Wildman–Crippen LogP) is 18.6. The van der Waals surface area contributed by atoms with Gasteiger partial charge in [-0.3, -0.25) is 0 Å². The summed E-state index contributed by atoms with van der Waals surface area (Å²) < 4.78 is 0. The van der Waals surface area contributed by atoms with E-state index in [1.165, 1.54) is 193 Å². The Morgan fingerprint density at radius 2 is 0.960 bits per heavy atom. The van der Waals surface area contributed by atoms with Crippen LogP contribution in [0.1, 0.15) is 276 Å². The van der Waals surface area contributed by atoms with E-state index in [1.807, 2.05) is 0 Å². The first-order valence-corrected chi connectivity index (χ1v) is 23.9. The van der Waals surface area contributed by atoms with Gasteiger partial charge in [0.2, 0.25) is 0 Å². The van der Waals surface area contributed by atoms with Gasteiger partial charge in [0.05, 0.1) is 0 Å². The maximum atomic E-state index is 2.68. The Morgan fingerprint density at radius 1 is 0.420 bits per heavy atom. The van der Waals surface area contributed by atoms with Gasteiger partial charge in [0, 0.05) is 0 Å². The molecule has 0 rings (SSSR count). The largest absolute Gasteiger partial charge is 0.0654 e. The number of hydrogen-bond donors (Lipinski definition) is 0. The van der Waals surface area contributed by atoms with Gasteiger partial charge in [0.15, 0.2) is 0 Å². The zero-order valence-corrected chi connectivity index (χ0v) is 37.6. The van der Waals surface area contributed by atoms with Gasteiger partial charge in [-0.15, -0.1) is 0 Å². The minimum absolute atomic E-state index is 0.406. The molecule has 6 atom stereocenters. The van der Waals surface area contributed by atoms with Gasteiger partial charge in [0.1, 0.15) is 0 Å². The summed E-state index contributed by atoms with van der Waals surface area (Å²) in [7, 11) is 0. The minimum atomic E-state index is 0.406. The van der Waals surface area contributed by atoms with Crippen LogP contribution in [0.4, 0.5) is 0 Å². The van der Waals surface area contributed by atoms with E-state index in [9.17, 15) is 0 Å². The molecule has 0 aliphatic carbocycles. The molecule has 50 heavy (non-hydrogen) atoms. The maximum absolute atomic E-state index is 2.68. The fourth-order valence-electron chi connectivity index (χ4n) is 10.4. The van der Waals surface area contributed by atoms with Crippen molar-refractivity contribution in [3.63, 3.8) is 0 Å². The van der Waals surface area contributed by atoms with Gasteiger partial charge in [-0.2, -0.15) is 0 Å². The molecule has 0 saturated carbocycles. The summed E-state index contributed by atoms with van der Waals surface area (Å²) in [6.45, 7) is 30.1. The van der Waals surface area contributed by atoms with Crippen molar-refractivity contribution in [1.82, 2.24) is 0 Å². The zero-order chi connectivity index (χ0) is 37.7. The van der Waals surface area contributed by atoms with E-state index in [0.29, 0.717) is 10.8 Å². The van der Waals surface area contributed by atoms with Gasteiger partial charge < -0.3 is 0 Å². The lowest BCUT2D eigenvalue weighted by molar-refractivity contribution is 0.0646. The van der Waals surface area contributed by atoms with Crippen LogP contribution < -0.4 is 0 Å². The van der Waals surface area contributed by atoms with Crippen LogP contribution in [-0.2, 0) is 0 Å². The number of unbranched alkanes of at least 4 members (excludes halogenated alkanes) is 8. The average molecular weight is 702 g/mol. The van der Waals surface area contributed by atoms with Crippen molar-refractivity contribution in [2.24, 2.45) is 40.4 Å². The summed E-state index contributed by atoms with van der Waals surface area (Å²) in [4.78, 5) is 0. The van der Waals surface area contributed by atoms with Crippen LogP contribution in [0.25, 0.3) is 0 Å². The van der Waals surface area contributed by atoms with E-state index >= 15 is 0 Å². The lowest BCUT2D eigenvalue weighted by Gasteiger charge is -2.51. The smallest absolute Gasteiger partial charge is 0.0168 e. The highest BCUT2D eigenvalue weighted by atomic mass is 14.5. The van der Waals surface area contributed by atoms with Crippen LogP contribution in [0.3, 0.4) is 0 Å². The van der Waals surface area contributed by atoms with Crippen molar-refractivity contribution in [3.8, 4) is 0 Å². The highest BCUT2D eigenvalue weighted by Crippen LogP contribution is 2.57. The van der Waals surface area contributed by atoms with E-state index in [-0.39, 0.29) is 0 Å². The summed E-state index contributed by atoms with van der Waals surface area (Å²) in [6.07, 6.45) is 42.5.